The summed E-state index contributed by atoms with van der Waals surface area (Å²) in [5.41, 5.74) is 1.69. The van der Waals surface area contributed by atoms with Crippen molar-refractivity contribution in [3.05, 3.63) is 45.9 Å². The Kier molecular flexibility index (Phi) is 12.0. The van der Waals surface area contributed by atoms with E-state index < -0.39 is 6.61 Å². The van der Waals surface area contributed by atoms with Crippen molar-refractivity contribution < 1.29 is 13.5 Å². The molecule has 1 heterocycles. The van der Waals surface area contributed by atoms with Crippen LogP contribution < -0.4 is 15.4 Å². The van der Waals surface area contributed by atoms with E-state index in [1.165, 1.54) is 11.1 Å². The standard InChI is InChI=1S/C19H26F2N4OS.HI/c1-3-22-19(23-11-7-6-10-17-25-14(2)13-27-17)24-12-15-8-4-5-9-16(15)26-18(20)21;/h4-5,8-9,13,18H,3,6-7,10-12H2,1-2H3,(H2,22,23,24);1H. The molecule has 0 unspecified atom stereocenters. The lowest BCUT2D eigenvalue weighted by Crippen LogP contribution is -2.37. The van der Waals surface area contributed by atoms with Crippen molar-refractivity contribution >= 4 is 41.3 Å². The minimum absolute atomic E-state index is 0. The van der Waals surface area contributed by atoms with E-state index >= 15 is 0 Å². The van der Waals surface area contributed by atoms with Crippen LogP contribution in [0.3, 0.4) is 0 Å². The summed E-state index contributed by atoms with van der Waals surface area (Å²) < 4.78 is 29.5. The molecule has 0 spiro atoms. The van der Waals surface area contributed by atoms with Crippen LogP contribution in [0.2, 0.25) is 0 Å². The van der Waals surface area contributed by atoms with E-state index in [-0.39, 0.29) is 36.3 Å². The lowest BCUT2D eigenvalue weighted by atomic mass is 10.2. The van der Waals surface area contributed by atoms with Crippen LogP contribution in [0, 0.1) is 6.92 Å². The Morgan fingerprint density at radius 2 is 2.04 bits per heavy atom. The Labute approximate surface area is 186 Å². The monoisotopic (exact) mass is 524 g/mol. The number of aryl methyl sites for hydroxylation is 2. The zero-order valence-corrected chi connectivity index (χ0v) is 19.2. The number of ether oxygens (including phenoxy) is 1. The molecule has 0 aliphatic rings. The number of alkyl halides is 2. The number of unbranched alkanes of at least 4 members (excludes halogenated alkanes) is 1. The number of halogens is 3. The van der Waals surface area contributed by atoms with Crippen LogP contribution in [0.5, 0.6) is 5.75 Å². The molecular formula is C19H27F2IN4OS. The molecule has 0 bridgehead atoms. The Morgan fingerprint density at radius 3 is 2.71 bits per heavy atom. The van der Waals surface area contributed by atoms with Gasteiger partial charge in [0.1, 0.15) is 5.75 Å². The molecule has 1 aromatic heterocycles. The molecule has 28 heavy (non-hydrogen) atoms. The highest BCUT2D eigenvalue weighted by Gasteiger charge is 2.09. The average Bonchev–Trinajstić information content (AvgIpc) is 3.05. The highest BCUT2D eigenvalue weighted by molar-refractivity contribution is 14.0. The Hall–Kier alpha value is -1.49. The first-order chi connectivity index (χ1) is 13.1. The summed E-state index contributed by atoms with van der Waals surface area (Å²) in [7, 11) is 0. The quantitative estimate of drug-likeness (QED) is 0.204. The van der Waals surface area contributed by atoms with Crippen LogP contribution in [0.1, 0.15) is 36.0 Å². The van der Waals surface area contributed by atoms with Gasteiger partial charge in [0, 0.05) is 29.7 Å². The number of aliphatic imine (C=N–C) groups is 1. The maximum atomic E-state index is 12.5. The van der Waals surface area contributed by atoms with Gasteiger partial charge in [-0.25, -0.2) is 9.98 Å². The van der Waals surface area contributed by atoms with E-state index in [1.807, 2.05) is 13.8 Å². The SMILES string of the molecule is CCNC(=NCc1ccccc1OC(F)F)NCCCCc1nc(C)cs1.I. The molecule has 0 aliphatic heterocycles. The van der Waals surface area contributed by atoms with Gasteiger partial charge in [0.2, 0.25) is 0 Å². The molecule has 2 N–H and O–H groups in total. The Morgan fingerprint density at radius 1 is 1.25 bits per heavy atom. The molecule has 0 atom stereocenters. The number of guanidine groups is 1. The molecule has 2 rings (SSSR count). The zero-order chi connectivity index (χ0) is 19.5. The number of benzene rings is 1. The van der Waals surface area contributed by atoms with Gasteiger partial charge in [0.25, 0.3) is 0 Å². The number of rotatable bonds is 10. The number of para-hydroxylation sites is 1. The van der Waals surface area contributed by atoms with Gasteiger partial charge in [0.05, 0.1) is 11.6 Å². The fraction of sp³-hybridized carbons (Fsp3) is 0.474. The predicted octanol–water partition coefficient (Wildman–Crippen LogP) is 4.75. The third-order valence-electron chi connectivity index (χ3n) is 3.72. The van der Waals surface area contributed by atoms with Crippen molar-refractivity contribution in [1.29, 1.82) is 0 Å². The maximum Gasteiger partial charge on any atom is 0.387 e. The summed E-state index contributed by atoms with van der Waals surface area (Å²) in [6.45, 7) is 2.91. The summed E-state index contributed by atoms with van der Waals surface area (Å²) in [6, 6.07) is 6.71. The molecule has 2 aromatic rings. The molecule has 9 heteroatoms. The second-order valence-electron chi connectivity index (χ2n) is 5.95. The molecular weight excluding hydrogens is 497 g/mol. The van der Waals surface area contributed by atoms with Gasteiger partial charge in [0.15, 0.2) is 5.96 Å². The summed E-state index contributed by atoms with van der Waals surface area (Å²) in [5, 5.41) is 9.68. The van der Waals surface area contributed by atoms with E-state index in [2.05, 4.69) is 30.7 Å². The molecule has 0 saturated heterocycles. The number of aromatic nitrogens is 1. The summed E-state index contributed by atoms with van der Waals surface area (Å²) in [6.07, 6.45) is 3.02. The average molecular weight is 524 g/mol. The molecule has 0 amide bonds. The summed E-state index contributed by atoms with van der Waals surface area (Å²) in [5.74, 6) is 0.820. The van der Waals surface area contributed by atoms with Crippen LogP contribution in [-0.2, 0) is 13.0 Å². The fourth-order valence-corrected chi connectivity index (χ4v) is 3.30. The number of thiazole rings is 1. The van der Waals surface area contributed by atoms with E-state index in [1.54, 1.807) is 29.5 Å². The lowest BCUT2D eigenvalue weighted by Gasteiger charge is -2.12. The van der Waals surface area contributed by atoms with E-state index in [0.717, 1.165) is 38.0 Å². The van der Waals surface area contributed by atoms with Crippen LogP contribution >= 0.6 is 35.3 Å². The van der Waals surface area contributed by atoms with Crippen LogP contribution in [0.25, 0.3) is 0 Å². The molecule has 0 fully saturated rings. The highest BCUT2D eigenvalue weighted by atomic mass is 127. The van der Waals surface area contributed by atoms with E-state index in [4.69, 9.17) is 0 Å². The number of hydrogen-bond donors (Lipinski definition) is 2. The molecule has 0 radical (unpaired) electrons. The van der Waals surface area contributed by atoms with Crippen molar-refractivity contribution in [3.63, 3.8) is 0 Å². The first kappa shape index (κ1) is 24.5. The van der Waals surface area contributed by atoms with Gasteiger partial charge in [-0.2, -0.15) is 8.78 Å². The van der Waals surface area contributed by atoms with Crippen LogP contribution in [0.4, 0.5) is 8.78 Å². The second kappa shape index (κ2) is 13.6. The molecule has 156 valence electrons. The van der Waals surface area contributed by atoms with Crippen molar-refractivity contribution in [3.8, 4) is 5.75 Å². The van der Waals surface area contributed by atoms with E-state index in [9.17, 15) is 8.78 Å². The highest BCUT2D eigenvalue weighted by Crippen LogP contribution is 2.20. The maximum absolute atomic E-state index is 12.5. The first-order valence-corrected chi connectivity index (χ1v) is 9.92. The Bertz CT molecular complexity index is 727. The van der Waals surface area contributed by atoms with Gasteiger partial charge in [-0.05, 0) is 39.2 Å². The number of hydrogen-bond acceptors (Lipinski definition) is 4. The summed E-state index contributed by atoms with van der Waals surface area (Å²) in [4.78, 5) is 8.93. The topological polar surface area (TPSA) is 58.5 Å². The van der Waals surface area contributed by atoms with Gasteiger partial charge in [-0.15, -0.1) is 35.3 Å². The van der Waals surface area contributed by atoms with Crippen molar-refractivity contribution in [2.24, 2.45) is 4.99 Å². The van der Waals surface area contributed by atoms with Gasteiger partial charge in [-0.3, -0.25) is 0 Å². The van der Waals surface area contributed by atoms with Gasteiger partial charge < -0.3 is 15.4 Å². The molecule has 1 aromatic carbocycles. The molecule has 0 saturated carbocycles. The second-order valence-corrected chi connectivity index (χ2v) is 6.89. The fourth-order valence-electron chi connectivity index (χ4n) is 2.48. The number of nitrogens with zero attached hydrogens (tertiary/aromatic N) is 2. The zero-order valence-electron chi connectivity index (χ0n) is 16.1. The molecule has 5 nitrogen and oxygen atoms in total. The third kappa shape index (κ3) is 9.13. The predicted molar refractivity (Wildman–Crippen MR) is 121 cm³/mol. The minimum atomic E-state index is -2.84. The third-order valence-corrected chi connectivity index (χ3v) is 4.74. The smallest absolute Gasteiger partial charge is 0.387 e. The lowest BCUT2D eigenvalue weighted by molar-refractivity contribution is -0.0504. The van der Waals surface area contributed by atoms with Crippen molar-refractivity contribution in [1.82, 2.24) is 15.6 Å². The largest absolute Gasteiger partial charge is 0.434 e. The normalized spacial score (nSPS) is 11.2. The van der Waals surface area contributed by atoms with Crippen LogP contribution in [-0.4, -0.2) is 30.6 Å². The molecule has 0 aliphatic carbocycles. The van der Waals surface area contributed by atoms with E-state index in [0.29, 0.717) is 11.5 Å². The van der Waals surface area contributed by atoms with Crippen LogP contribution in [0.15, 0.2) is 34.6 Å². The van der Waals surface area contributed by atoms with Gasteiger partial charge in [-0.1, -0.05) is 18.2 Å². The van der Waals surface area contributed by atoms with Gasteiger partial charge >= 0.3 is 6.61 Å². The summed E-state index contributed by atoms with van der Waals surface area (Å²) >= 11 is 1.70. The Balaban J connectivity index is 0.00000392. The van der Waals surface area contributed by atoms with Crippen molar-refractivity contribution in [2.45, 2.75) is 46.3 Å². The first-order valence-electron chi connectivity index (χ1n) is 9.04. The number of nitrogens with one attached hydrogen (secondary N) is 2. The minimum Gasteiger partial charge on any atom is -0.434 e. The van der Waals surface area contributed by atoms with Crippen molar-refractivity contribution in [2.75, 3.05) is 13.1 Å².